The third-order valence-corrected chi connectivity index (χ3v) is 11.1. The first kappa shape index (κ1) is 27.0. The minimum Gasteiger partial charge on any atom is -0.322 e. The largest absolute Gasteiger partial charge is 0.322 e. The first-order valence-electron chi connectivity index (χ1n) is 11.3. The molecule has 0 aliphatic rings. The number of benzene rings is 4. The van der Waals surface area contributed by atoms with E-state index >= 15 is 0 Å². The Hall–Kier alpha value is -2.63. The van der Waals surface area contributed by atoms with Gasteiger partial charge < -0.3 is 5.32 Å². The van der Waals surface area contributed by atoms with Crippen molar-refractivity contribution in [3.05, 3.63) is 126 Å². The van der Waals surface area contributed by atoms with Crippen molar-refractivity contribution in [1.82, 2.24) is 0 Å². The summed E-state index contributed by atoms with van der Waals surface area (Å²) in [6, 6.07) is 34.9. The van der Waals surface area contributed by atoms with Gasteiger partial charge in [0.25, 0.3) is 5.91 Å². The second-order valence-corrected chi connectivity index (χ2v) is 12.2. The van der Waals surface area contributed by atoms with Crippen LogP contribution in [0.3, 0.4) is 0 Å². The van der Waals surface area contributed by atoms with E-state index in [0.717, 1.165) is 16.8 Å². The van der Waals surface area contributed by atoms with Crippen molar-refractivity contribution < 1.29 is 37.5 Å². The summed E-state index contributed by atoms with van der Waals surface area (Å²) < 4.78 is 0. The molecule has 1 amide bonds. The zero-order valence-corrected chi connectivity index (χ0v) is 24.0. The molecule has 0 bridgehead atoms. The number of amides is 1. The molecule has 0 heterocycles. The van der Waals surface area contributed by atoms with Gasteiger partial charge in [0.1, 0.15) is 23.2 Å². The van der Waals surface area contributed by atoms with Gasteiger partial charge in [-0.1, -0.05) is 66.7 Å². The molecular weight excluding hydrogens is 524 g/mol. The Morgan fingerprint density at radius 1 is 0.771 bits per heavy atom. The number of nitrogens with zero attached hydrogens (tertiary/aromatic N) is 1. The molecule has 4 aromatic rings. The molecule has 0 spiro atoms. The van der Waals surface area contributed by atoms with Crippen LogP contribution in [0.2, 0.25) is 0 Å². The monoisotopic (exact) mass is 552 g/mol. The van der Waals surface area contributed by atoms with E-state index < -0.39 is 7.26 Å². The van der Waals surface area contributed by atoms with Gasteiger partial charge in [0.2, 0.25) is 0 Å². The molecule has 1 atom stereocenters. The summed E-state index contributed by atoms with van der Waals surface area (Å²) in [5, 5.41) is 6.75. The fourth-order valence-electron chi connectivity index (χ4n) is 4.71. The van der Waals surface area contributed by atoms with Gasteiger partial charge in [-0.3, -0.25) is 4.79 Å². The quantitative estimate of drug-likeness (QED) is 0.225. The van der Waals surface area contributed by atoms with Crippen LogP contribution in [0.1, 0.15) is 18.1 Å². The summed E-state index contributed by atoms with van der Waals surface area (Å²) in [6.07, 6.45) is 0. The van der Waals surface area contributed by atoms with E-state index in [2.05, 4.69) is 83.0 Å². The van der Waals surface area contributed by atoms with Crippen molar-refractivity contribution in [1.29, 1.82) is 0 Å². The van der Waals surface area contributed by atoms with E-state index in [1.165, 1.54) is 15.9 Å². The van der Waals surface area contributed by atoms with Gasteiger partial charge in [-0.25, -0.2) is 4.85 Å². The third-order valence-electron chi connectivity index (χ3n) is 6.35. The third kappa shape index (κ3) is 5.31. The standard InChI is InChI=1S/C30H27N2OP.Y/c1-22-20-25(31-4)21-23(2)29(22)32-30(33)24(3)34(26-14-8-5-9-15-26,27-16-10-6-11-17-27)28-18-12-7-13-19-28;/h5-21,24H,1-3H3;/p+1. The minimum atomic E-state index is -2.34. The normalized spacial score (nSPS) is 11.6. The number of nitrogens with one attached hydrogen (secondary N) is 1. The van der Waals surface area contributed by atoms with Crippen molar-refractivity contribution in [2.45, 2.75) is 26.4 Å². The van der Waals surface area contributed by atoms with Crippen LogP contribution in [0.5, 0.6) is 0 Å². The van der Waals surface area contributed by atoms with Gasteiger partial charge in [-0.15, -0.1) is 0 Å². The van der Waals surface area contributed by atoms with Crippen molar-refractivity contribution in [2.24, 2.45) is 0 Å². The average Bonchev–Trinajstić information content (AvgIpc) is 2.88. The van der Waals surface area contributed by atoms with E-state index in [4.69, 9.17) is 6.57 Å². The van der Waals surface area contributed by atoms with Gasteiger partial charge in [0, 0.05) is 38.4 Å². The summed E-state index contributed by atoms with van der Waals surface area (Å²) in [7, 11) is -2.34. The van der Waals surface area contributed by atoms with Crippen molar-refractivity contribution >= 4 is 40.5 Å². The van der Waals surface area contributed by atoms with Gasteiger partial charge in [0.15, 0.2) is 11.3 Å². The number of anilines is 1. The van der Waals surface area contributed by atoms with Crippen molar-refractivity contribution in [3.8, 4) is 0 Å². The maximum absolute atomic E-state index is 14.0. The second-order valence-electron chi connectivity index (χ2n) is 8.46. The van der Waals surface area contributed by atoms with Crippen molar-refractivity contribution in [2.75, 3.05) is 5.32 Å². The SMILES string of the molecule is [C-]#[N+]c1cc(C)c(NC(=O)C(C)[P+](c2ccccc2)(c2ccccc2)c2ccccc2)c(C)c1.[Y]. The fourth-order valence-corrected chi connectivity index (χ4v) is 9.29. The Labute approximate surface area is 234 Å². The molecule has 1 unspecified atom stereocenters. The molecule has 0 saturated heterocycles. The van der Waals surface area contributed by atoms with E-state index in [1.54, 1.807) is 0 Å². The van der Waals surface area contributed by atoms with Crippen LogP contribution in [0.25, 0.3) is 4.85 Å². The molecule has 5 heteroatoms. The zero-order chi connectivity index (χ0) is 24.1. The number of hydrogen-bond acceptors (Lipinski definition) is 1. The van der Waals surface area contributed by atoms with Gasteiger partial charge in [0.05, 0.1) is 6.57 Å². The van der Waals surface area contributed by atoms with E-state index in [-0.39, 0.29) is 44.3 Å². The van der Waals surface area contributed by atoms with Crippen LogP contribution in [0.4, 0.5) is 11.4 Å². The molecule has 0 saturated carbocycles. The molecule has 4 aromatic carbocycles. The molecule has 3 nitrogen and oxygen atoms in total. The molecular formula is C30H28N2OPY+. The van der Waals surface area contributed by atoms with E-state index in [1.807, 2.05) is 51.1 Å². The predicted molar refractivity (Wildman–Crippen MR) is 145 cm³/mol. The molecule has 1 N–H and O–H groups in total. The molecule has 4 rings (SSSR count). The number of rotatable bonds is 6. The molecule has 1 radical (unpaired) electrons. The van der Waals surface area contributed by atoms with Crippen LogP contribution in [0.15, 0.2) is 103 Å². The summed E-state index contributed by atoms with van der Waals surface area (Å²) in [4.78, 5) is 17.5. The van der Waals surface area contributed by atoms with Crippen LogP contribution >= 0.6 is 7.26 Å². The number of carbonyl (C=O) groups excluding carboxylic acids is 1. The van der Waals surface area contributed by atoms with Gasteiger partial charge in [-0.05, 0) is 68.3 Å². The molecule has 0 aliphatic carbocycles. The van der Waals surface area contributed by atoms with Crippen molar-refractivity contribution in [3.63, 3.8) is 0 Å². The predicted octanol–water partition coefficient (Wildman–Crippen LogP) is 6.17. The molecule has 0 aliphatic heterocycles. The first-order valence-corrected chi connectivity index (χ1v) is 13.2. The molecule has 0 aromatic heterocycles. The number of aryl methyl sites for hydroxylation is 2. The molecule has 0 fully saturated rings. The summed E-state index contributed by atoms with van der Waals surface area (Å²) >= 11 is 0. The Morgan fingerprint density at radius 2 is 1.14 bits per heavy atom. The van der Waals surface area contributed by atoms with E-state index in [0.29, 0.717) is 5.69 Å². The second kappa shape index (κ2) is 11.9. The number of hydrogen-bond donors (Lipinski definition) is 1. The average molecular weight is 552 g/mol. The van der Waals surface area contributed by atoms with E-state index in [9.17, 15) is 4.79 Å². The Bertz CT molecular complexity index is 1220. The van der Waals surface area contributed by atoms with Gasteiger partial charge >= 0.3 is 0 Å². The maximum atomic E-state index is 14.0. The fraction of sp³-hybridized carbons (Fsp3) is 0.133. The van der Waals surface area contributed by atoms with Gasteiger partial charge in [-0.2, -0.15) is 0 Å². The topological polar surface area (TPSA) is 33.5 Å². The molecule has 35 heavy (non-hydrogen) atoms. The summed E-state index contributed by atoms with van der Waals surface area (Å²) in [5.41, 5.74) is 2.85. The molecule has 171 valence electrons. The maximum Gasteiger partial charge on any atom is 0.266 e. The number of carbonyl (C=O) groups is 1. The Balaban J connectivity index is 0.00000342. The Morgan fingerprint density at radius 3 is 1.49 bits per heavy atom. The summed E-state index contributed by atoms with van der Waals surface area (Å²) in [5.74, 6) is -0.0216. The van der Waals surface area contributed by atoms with Crippen LogP contribution in [0, 0.1) is 20.4 Å². The first-order chi connectivity index (χ1) is 16.5. The summed E-state index contributed by atoms with van der Waals surface area (Å²) in [6.45, 7) is 13.3. The van der Waals surface area contributed by atoms with Crippen LogP contribution in [-0.4, -0.2) is 11.6 Å². The smallest absolute Gasteiger partial charge is 0.266 e. The van der Waals surface area contributed by atoms with Crippen LogP contribution in [-0.2, 0) is 37.5 Å². The van der Waals surface area contributed by atoms with Crippen LogP contribution < -0.4 is 21.2 Å². The zero-order valence-electron chi connectivity index (χ0n) is 20.3. The Kier molecular flexibility index (Phi) is 9.15. The minimum absolute atomic E-state index is 0.